The highest BCUT2D eigenvalue weighted by molar-refractivity contribution is 6.30. The summed E-state index contributed by atoms with van der Waals surface area (Å²) in [5.74, 6) is -0.563. The Morgan fingerprint density at radius 3 is 2.30 bits per heavy atom. The zero-order chi connectivity index (χ0) is 16.8. The minimum absolute atomic E-state index is 0.233. The summed E-state index contributed by atoms with van der Waals surface area (Å²) in [6.45, 7) is 2.00. The third kappa shape index (κ3) is 4.65. The Morgan fingerprint density at radius 1 is 1.09 bits per heavy atom. The van der Waals surface area contributed by atoms with Gasteiger partial charge in [-0.05, 0) is 43.7 Å². The minimum Gasteiger partial charge on any atom is -0.393 e. The van der Waals surface area contributed by atoms with Crippen LogP contribution in [0.2, 0.25) is 5.02 Å². The second kappa shape index (κ2) is 7.90. The lowest BCUT2D eigenvalue weighted by atomic mass is 9.98. The van der Waals surface area contributed by atoms with Crippen LogP contribution in [0, 0.1) is 0 Å². The fourth-order valence-corrected chi connectivity index (χ4v) is 2.25. The standard InChI is InChI=1S/C18H18ClNO3/c1-12(21)10-11-20-18(23)16-5-3-2-4-15(16)17(22)13-6-8-14(19)9-7-13/h2-9,12,21H,10-11H2,1H3,(H,20,23). The summed E-state index contributed by atoms with van der Waals surface area (Å²) in [7, 11) is 0. The Hall–Kier alpha value is -2.17. The van der Waals surface area contributed by atoms with E-state index < -0.39 is 6.10 Å². The molecule has 0 bridgehead atoms. The number of benzene rings is 2. The van der Waals surface area contributed by atoms with Crippen LogP contribution in [0.4, 0.5) is 0 Å². The summed E-state index contributed by atoms with van der Waals surface area (Å²) in [6, 6.07) is 13.2. The normalized spacial score (nSPS) is 11.8. The number of nitrogens with one attached hydrogen (secondary N) is 1. The molecule has 0 fully saturated rings. The van der Waals surface area contributed by atoms with E-state index in [4.69, 9.17) is 11.6 Å². The van der Waals surface area contributed by atoms with Crippen molar-refractivity contribution in [2.24, 2.45) is 0 Å². The molecule has 0 radical (unpaired) electrons. The number of carbonyl (C=O) groups excluding carboxylic acids is 2. The third-order valence-corrected chi connectivity index (χ3v) is 3.62. The van der Waals surface area contributed by atoms with Gasteiger partial charge in [0.2, 0.25) is 0 Å². The van der Waals surface area contributed by atoms with E-state index in [-0.39, 0.29) is 11.7 Å². The molecule has 2 aromatic rings. The average molecular weight is 332 g/mol. The van der Waals surface area contributed by atoms with E-state index in [9.17, 15) is 14.7 Å². The number of hydrogen-bond acceptors (Lipinski definition) is 3. The number of rotatable bonds is 6. The van der Waals surface area contributed by atoms with Crippen molar-refractivity contribution in [1.82, 2.24) is 5.32 Å². The van der Waals surface area contributed by atoms with Gasteiger partial charge in [0.05, 0.1) is 11.7 Å². The first-order valence-electron chi connectivity index (χ1n) is 7.34. The van der Waals surface area contributed by atoms with Crippen molar-refractivity contribution >= 4 is 23.3 Å². The highest BCUT2D eigenvalue weighted by atomic mass is 35.5. The molecule has 2 aromatic carbocycles. The van der Waals surface area contributed by atoms with E-state index in [1.807, 2.05) is 0 Å². The van der Waals surface area contributed by atoms with Gasteiger partial charge in [-0.25, -0.2) is 0 Å². The molecule has 0 aliphatic rings. The van der Waals surface area contributed by atoms with Gasteiger partial charge in [-0.1, -0.05) is 29.8 Å². The Morgan fingerprint density at radius 2 is 1.70 bits per heavy atom. The first-order chi connectivity index (χ1) is 11.0. The first kappa shape index (κ1) is 17.2. The quantitative estimate of drug-likeness (QED) is 0.799. The lowest BCUT2D eigenvalue weighted by molar-refractivity contribution is 0.0934. The zero-order valence-corrected chi connectivity index (χ0v) is 13.5. The number of carbonyl (C=O) groups is 2. The maximum Gasteiger partial charge on any atom is 0.252 e. The van der Waals surface area contributed by atoms with Crippen LogP contribution < -0.4 is 5.32 Å². The minimum atomic E-state index is -0.485. The second-order valence-electron chi connectivity index (χ2n) is 5.28. The summed E-state index contributed by atoms with van der Waals surface area (Å²) in [6.07, 6.45) is -0.0276. The molecule has 0 saturated heterocycles. The Kier molecular flexibility index (Phi) is 5.90. The summed E-state index contributed by atoms with van der Waals surface area (Å²) >= 11 is 5.83. The van der Waals surface area contributed by atoms with Crippen LogP contribution in [0.5, 0.6) is 0 Å². The smallest absolute Gasteiger partial charge is 0.252 e. The van der Waals surface area contributed by atoms with Crippen LogP contribution in [0.3, 0.4) is 0 Å². The molecule has 5 heteroatoms. The summed E-state index contributed by atoms with van der Waals surface area (Å²) in [4.78, 5) is 24.9. The van der Waals surface area contributed by atoms with E-state index in [0.717, 1.165) is 0 Å². The molecule has 0 aromatic heterocycles. The van der Waals surface area contributed by atoms with E-state index in [1.165, 1.54) is 0 Å². The summed E-state index contributed by atoms with van der Waals surface area (Å²) < 4.78 is 0. The van der Waals surface area contributed by atoms with Gasteiger partial charge in [0, 0.05) is 22.7 Å². The van der Waals surface area contributed by atoms with Crippen LogP contribution in [0.15, 0.2) is 48.5 Å². The van der Waals surface area contributed by atoms with Crippen molar-refractivity contribution in [2.75, 3.05) is 6.54 Å². The number of aliphatic hydroxyl groups is 1. The molecule has 23 heavy (non-hydrogen) atoms. The fourth-order valence-electron chi connectivity index (χ4n) is 2.13. The van der Waals surface area contributed by atoms with Crippen LogP contribution in [0.1, 0.15) is 39.6 Å². The van der Waals surface area contributed by atoms with Gasteiger partial charge in [0.15, 0.2) is 5.78 Å². The molecular weight excluding hydrogens is 314 g/mol. The van der Waals surface area contributed by atoms with Gasteiger partial charge < -0.3 is 10.4 Å². The molecule has 0 aliphatic carbocycles. The molecule has 0 aliphatic heterocycles. The van der Waals surface area contributed by atoms with Crippen LogP contribution >= 0.6 is 11.6 Å². The van der Waals surface area contributed by atoms with Gasteiger partial charge in [-0.15, -0.1) is 0 Å². The van der Waals surface area contributed by atoms with Crippen LogP contribution in [-0.2, 0) is 0 Å². The van der Waals surface area contributed by atoms with Crippen molar-refractivity contribution in [3.05, 3.63) is 70.2 Å². The molecule has 1 unspecified atom stereocenters. The molecule has 2 N–H and O–H groups in total. The highest BCUT2D eigenvalue weighted by Crippen LogP contribution is 2.17. The van der Waals surface area contributed by atoms with Gasteiger partial charge in [-0.3, -0.25) is 9.59 Å². The molecule has 1 atom stereocenters. The molecular formula is C18H18ClNO3. The molecule has 4 nitrogen and oxygen atoms in total. The molecule has 120 valence electrons. The Labute approximate surface area is 140 Å². The monoisotopic (exact) mass is 331 g/mol. The second-order valence-corrected chi connectivity index (χ2v) is 5.71. The van der Waals surface area contributed by atoms with Crippen molar-refractivity contribution in [3.8, 4) is 0 Å². The zero-order valence-electron chi connectivity index (χ0n) is 12.8. The van der Waals surface area contributed by atoms with Gasteiger partial charge in [0.25, 0.3) is 5.91 Å². The van der Waals surface area contributed by atoms with Gasteiger partial charge in [0.1, 0.15) is 0 Å². The first-order valence-corrected chi connectivity index (χ1v) is 7.72. The predicted octanol–water partition coefficient (Wildman–Crippen LogP) is 3.07. The summed E-state index contributed by atoms with van der Waals surface area (Å²) in [5, 5.41) is 12.5. The molecule has 0 spiro atoms. The molecule has 2 rings (SSSR count). The number of hydrogen-bond donors (Lipinski definition) is 2. The van der Waals surface area contributed by atoms with Gasteiger partial charge >= 0.3 is 0 Å². The lowest BCUT2D eigenvalue weighted by Gasteiger charge is -2.10. The Balaban J connectivity index is 2.21. The molecule has 1 amide bonds. The maximum atomic E-state index is 12.6. The van der Waals surface area contributed by atoms with E-state index in [0.29, 0.717) is 34.7 Å². The van der Waals surface area contributed by atoms with Crippen molar-refractivity contribution in [3.63, 3.8) is 0 Å². The van der Waals surface area contributed by atoms with Gasteiger partial charge in [-0.2, -0.15) is 0 Å². The van der Waals surface area contributed by atoms with Crippen LogP contribution in [0.25, 0.3) is 0 Å². The predicted molar refractivity (Wildman–Crippen MR) is 90.0 cm³/mol. The highest BCUT2D eigenvalue weighted by Gasteiger charge is 2.17. The van der Waals surface area contributed by atoms with E-state index >= 15 is 0 Å². The topological polar surface area (TPSA) is 66.4 Å². The SMILES string of the molecule is CC(O)CCNC(=O)c1ccccc1C(=O)c1ccc(Cl)cc1. The van der Waals surface area contributed by atoms with Crippen molar-refractivity contribution < 1.29 is 14.7 Å². The number of halogens is 1. The van der Waals surface area contributed by atoms with Crippen LogP contribution in [-0.4, -0.2) is 29.4 Å². The molecule has 0 saturated carbocycles. The fraction of sp³-hybridized carbons (Fsp3) is 0.222. The van der Waals surface area contributed by atoms with E-state index in [1.54, 1.807) is 55.5 Å². The summed E-state index contributed by atoms with van der Waals surface area (Å²) in [5.41, 5.74) is 1.13. The van der Waals surface area contributed by atoms with Crippen molar-refractivity contribution in [1.29, 1.82) is 0 Å². The van der Waals surface area contributed by atoms with E-state index in [2.05, 4.69) is 5.32 Å². The third-order valence-electron chi connectivity index (χ3n) is 3.37. The number of ketones is 1. The lowest BCUT2D eigenvalue weighted by Crippen LogP contribution is -2.28. The van der Waals surface area contributed by atoms with Crippen molar-refractivity contribution in [2.45, 2.75) is 19.4 Å². The largest absolute Gasteiger partial charge is 0.393 e. The number of aliphatic hydroxyl groups excluding tert-OH is 1. The Bertz CT molecular complexity index is 696. The number of amides is 1. The molecule has 0 heterocycles. The average Bonchev–Trinajstić information content (AvgIpc) is 2.54. The maximum absolute atomic E-state index is 12.6.